The first kappa shape index (κ1) is 24.6. The minimum Gasteiger partial charge on any atom is -0.457 e. The van der Waals surface area contributed by atoms with Gasteiger partial charge in [0.05, 0.1) is 22.0 Å². The largest absolute Gasteiger partial charge is 0.457 e. The molecule has 9 nitrogen and oxygen atoms in total. The number of nitro benzene ring substituents is 1. The summed E-state index contributed by atoms with van der Waals surface area (Å²) in [4.78, 5) is 34.5. The molecule has 0 spiro atoms. The molecule has 0 amide bonds. The molecule has 0 heterocycles. The van der Waals surface area contributed by atoms with Crippen molar-refractivity contribution < 1.29 is 32.4 Å². The fourth-order valence-electron chi connectivity index (χ4n) is 2.86. The van der Waals surface area contributed by atoms with E-state index < -0.39 is 38.9 Å². The van der Waals surface area contributed by atoms with Gasteiger partial charge in [0.2, 0.25) is 0 Å². The number of Topliss-reactive ketones (excluding diaryl/α,β-unsaturated/α-hetero) is 1. The van der Waals surface area contributed by atoms with Gasteiger partial charge in [-0.25, -0.2) is 8.42 Å². The number of carbonyl (C=O) groups is 2. The van der Waals surface area contributed by atoms with Gasteiger partial charge in [-0.3, -0.25) is 19.7 Å². The first-order valence-corrected chi connectivity index (χ1v) is 11.8. The maximum absolute atomic E-state index is 12.3. The van der Waals surface area contributed by atoms with Crippen molar-refractivity contribution >= 4 is 27.3 Å². The van der Waals surface area contributed by atoms with E-state index in [9.17, 15) is 28.1 Å². The second-order valence-electron chi connectivity index (χ2n) is 7.34. The van der Waals surface area contributed by atoms with Crippen molar-refractivity contribution in [3.63, 3.8) is 0 Å². The summed E-state index contributed by atoms with van der Waals surface area (Å²) in [6.07, 6.45) is -0.370. The molecule has 3 aromatic rings. The molecular weight excluding hydrogens is 462 g/mol. The number of nitrogens with zero attached hydrogens (tertiary/aromatic N) is 1. The minimum atomic E-state index is -3.63. The van der Waals surface area contributed by atoms with Crippen molar-refractivity contribution in [1.29, 1.82) is 0 Å². The molecule has 3 rings (SSSR count). The number of non-ortho nitro benzene ring substituents is 1. The predicted octanol–water partition coefficient (Wildman–Crippen LogP) is 4.29. The molecule has 0 saturated heterocycles. The van der Waals surface area contributed by atoms with Crippen LogP contribution in [0, 0.1) is 17.0 Å². The van der Waals surface area contributed by atoms with Gasteiger partial charge in [0.1, 0.15) is 11.5 Å². The van der Waals surface area contributed by atoms with Crippen molar-refractivity contribution in [2.75, 3.05) is 12.4 Å². The SMILES string of the molecule is Cc1ccc(S(=O)(=O)CCC(=O)OCC(=O)c2ccc(Oc3ccc([N+](=O)[O-])cc3)cc2)cc1. The maximum atomic E-state index is 12.3. The molecule has 0 saturated carbocycles. The lowest BCUT2D eigenvalue weighted by Crippen LogP contribution is -2.17. The second kappa shape index (κ2) is 10.7. The van der Waals surface area contributed by atoms with E-state index in [1.165, 1.54) is 60.7 Å². The average molecular weight is 483 g/mol. The van der Waals surface area contributed by atoms with Crippen molar-refractivity contribution in [3.05, 3.63) is 94.0 Å². The summed E-state index contributed by atoms with van der Waals surface area (Å²) in [5.74, 6) is -0.876. The van der Waals surface area contributed by atoms with E-state index in [2.05, 4.69) is 0 Å². The van der Waals surface area contributed by atoms with Gasteiger partial charge in [-0.2, -0.15) is 0 Å². The number of ether oxygens (including phenoxy) is 2. The van der Waals surface area contributed by atoms with Gasteiger partial charge in [-0.1, -0.05) is 17.7 Å². The van der Waals surface area contributed by atoms with Crippen molar-refractivity contribution in [2.24, 2.45) is 0 Å². The van der Waals surface area contributed by atoms with Gasteiger partial charge in [0.25, 0.3) is 5.69 Å². The molecule has 0 aliphatic carbocycles. The van der Waals surface area contributed by atoms with Gasteiger partial charge >= 0.3 is 5.97 Å². The molecule has 0 N–H and O–H groups in total. The van der Waals surface area contributed by atoms with Crippen LogP contribution >= 0.6 is 0 Å². The van der Waals surface area contributed by atoms with Crippen LogP contribution in [0.4, 0.5) is 5.69 Å². The molecule has 176 valence electrons. The highest BCUT2D eigenvalue weighted by Gasteiger charge is 2.18. The summed E-state index contributed by atoms with van der Waals surface area (Å²) < 4.78 is 35.1. The summed E-state index contributed by atoms with van der Waals surface area (Å²) >= 11 is 0. The molecule has 0 aromatic heterocycles. The van der Waals surface area contributed by atoms with Gasteiger partial charge in [0.15, 0.2) is 22.2 Å². The number of aryl methyl sites for hydroxylation is 1. The Morgan fingerprint density at radius 1 is 0.882 bits per heavy atom. The molecule has 10 heteroatoms. The molecule has 0 aliphatic rings. The Morgan fingerprint density at radius 3 is 2.00 bits per heavy atom. The standard InChI is InChI=1S/C24H21NO8S/c1-17-2-12-22(13-3-17)34(30,31)15-14-24(27)32-16-23(26)18-4-8-20(9-5-18)33-21-10-6-19(7-11-21)25(28)29/h2-13H,14-16H2,1H3. The topological polar surface area (TPSA) is 130 Å². The summed E-state index contributed by atoms with van der Waals surface area (Å²) in [7, 11) is -3.63. The number of sulfone groups is 1. The lowest BCUT2D eigenvalue weighted by molar-refractivity contribution is -0.384. The Morgan fingerprint density at radius 2 is 1.44 bits per heavy atom. The van der Waals surface area contributed by atoms with Crippen molar-refractivity contribution in [2.45, 2.75) is 18.2 Å². The molecule has 0 bridgehead atoms. The quantitative estimate of drug-likeness (QED) is 0.181. The molecule has 0 fully saturated rings. The van der Waals surface area contributed by atoms with Crippen LogP contribution in [0.15, 0.2) is 77.7 Å². The molecule has 3 aromatic carbocycles. The number of esters is 1. The normalized spacial score (nSPS) is 11.0. The van der Waals surface area contributed by atoms with E-state index in [0.29, 0.717) is 11.5 Å². The number of ketones is 1. The third-order valence-electron chi connectivity index (χ3n) is 4.78. The molecule has 0 radical (unpaired) electrons. The summed E-state index contributed by atoms with van der Waals surface area (Å²) in [6.45, 7) is 1.32. The van der Waals surface area contributed by atoms with E-state index >= 15 is 0 Å². The number of benzene rings is 3. The summed E-state index contributed by atoms with van der Waals surface area (Å²) in [5.41, 5.74) is 1.13. The van der Waals surface area contributed by atoms with E-state index in [-0.39, 0.29) is 22.6 Å². The van der Waals surface area contributed by atoms with Gasteiger partial charge in [-0.15, -0.1) is 0 Å². The first-order chi connectivity index (χ1) is 16.1. The molecule has 0 aliphatic heterocycles. The van der Waals surface area contributed by atoms with Crippen LogP contribution in [-0.2, 0) is 19.4 Å². The lowest BCUT2D eigenvalue weighted by Gasteiger charge is -2.08. The highest BCUT2D eigenvalue weighted by molar-refractivity contribution is 7.91. The molecule has 34 heavy (non-hydrogen) atoms. The van der Waals surface area contributed by atoms with Gasteiger partial charge < -0.3 is 9.47 Å². The Kier molecular flexibility index (Phi) is 7.75. The predicted molar refractivity (Wildman–Crippen MR) is 123 cm³/mol. The van der Waals surface area contributed by atoms with Crippen molar-refractivity contribution in [1.82, 2.24) is 0 Å². The molecule has 0 atom stereocenters. The first-order valence-electron chi connectivity index (χ1n) is 10.1. The number of hydrogen-bond acceptors (Lipinski definition) is 8. The smallest absolute Gasteiger partial charge is 0.307 e. The Balaban J connectivity index is 1.48. The van der Waals surface area contributed by atoms with Crippen LogP contribution in [-0.4, -0.2) is 37.5 Å². The zero-order valence-corrected chi connectivity index (χ0v) is 19.0. The number of nitro groups is 1. The zero-order chi connectivity index (χ0) is 24.7. The molecular formula is C24H21NO8S. The Hall–Kier alpha value is -4.05. The highest BCUT2D eigenvalue weighted by atomic mass is 32.2. The summed E-state index contributed by atoms with van der Waals surface area (Å²) in [6, 6.07) is 17.9. The monoisotopic (exact) mass is 483 g/mol. The zero-order valence-electron chi connectivity index (χ0n) is 18.2. The third-order valence-corrected chi connectivity index (χ3v) is 6.51. The highest BCUT2D eigenvalue weighted by Crippen LogP contribution is 2.24. The second-order valence-corrected chi connectivity index (χ2v) is 9.45. The minimum absolute atomic E-state index is 0.0596. The van der Waals surface area contributed by atoms with Crippen LogP contribution in [0.25, 0.3) is 0 Å². The van der Waals surface area contributed by atoms with E-state index in [0.717, 1.165) is 5.56 Å². The summed E-state index contributed by atoms with van der Waals surface area (Å²) in [5, 5.41) is 10.7. The van der Waals surface area contributed by atoms with Crippen LogP contribution in [0.3, 0.4) is 0 Å². The van der Waals surface area contributed by atoms with Gasteiger partial charge in [0, 0.05) is 17.7 Å². The third kappa shape index (κ3) is 6.72. The Labute approximate surface area is 196 Å². The number of rotatable bonds is 10. The van der Waals surface area contributed by atoms with Crippen LogP contribution < -0.4 is 4.74 Å². The van der Waals surface area contributed by atoms with Gasteiger partial charge in [-0.05, 0) is 55.5 Å². The van der Waals surface area contributed by atoms with E-state index in [4.69, 9.17) is 9.47 Å². The average Bonchev–Trinajstić information content (AvgIpc) is 2.82. The van der Waals surface area contributed by atoms with Crippen LogP contribution in [0.2, 0.25) is 0 Å². The number of hydrogen-bond donors (Lipinski definition) is 0. The Bertz CT molecular complexity index is 1280. The van der Waals surface area contributed by atoms with Crippen LogP contribution in [0.1, 0.15) is 22.3 Å². The lowest BCUT2D eigenvalue weighted by atomic mass is 10.1. The maximum Gasteiger partial charge on any atom is 0.307 e. The van der Waals surface area contributed by atoms with E-state index in [1.54, 1.807) is 12.1 Å². The number of carbonyl (C=O) groups excluding carboxylic acids is 2. The fourth-order valence-corrected chi connectivity index (χ4v) is 4.09. The van der Waals surface area contributed by atoms with Crippen LogP contribution in [0.5, 0.6) is 11.5 Å². The van der Waals surface area contributed by atoms with Crippen molar-refractivity contribution in [3.8, 4) is 11.5 Å². The molecule has 0 unspecified atom stereocenters. The van der Waals surface area contributed by atoms with E-state index in [1.807, 2.05) is 6.92 Å². The fraction of sp³-hybridized carbons (Fsp3) is 0.167.